The molecule has 2 N–H and O–H groups in total. The number of amides is 1. The van der Waals surface area contributed by atoms with Gasteiger partial charge in [0, 0.05) is 23.2 Å². The highest BCUT2D eigenvalue weighted by molar-refractivity contribution is 6.30. The topological polar surface area (TPSA) is 80.0 Å². The average Bonchev–Trinajstić information content (AvgIpc) is 3.20. The minimum absolute atomic E-state index is 0. The van der Waals surface area contributed by atoms with Crippen molar-refractivity contribution in [1.29, 1.82) is 0 Å². The molecule has 0 saturated carbocycles. The van der Waals surface area contributed by atoms with Gasteiger partial charge in [-0.05, 0) is 43.1 Å². The van der Waals surface area contributed by atoms with Gasteiger partial charge in [-0.3, -0.25) is 4.79 Å². The molecule has 2 unspecified atom stereocenters. The third-order valence-electron chi connectivity index (χ3n) is 5.06. The Morgan fingerprint density at radius 3 is 2.86 bits per heavy atom. The number of benzene rings is 2. The largest absolute Gasteiger partial charge is 0.348 e. The fraction of sp³-hybridized carbons (Fsp3) is 0.286. The quantitative estimate of drug-likeness (QED) is 0.645. The van der Waals surface area contributed by atoms with Crippen molar-refractivity contribution in [2.75, 3.05) is 13.1 Å². The van der Waals surface area contributed by atoms with E-state index < -0.39 is 0 Å². The second-order valence-corrected chi connectivity index (χ2v) is 7.47. The molecule has 29 heavy (non-hydrogen) atoms. The van der Waals surface area contributed by atoms with Crippen LogP contribution >= 0.6 is 24.0 Å². The first kappa shape index (κ1) is 21.3. The molecule has 152 valence electrons. The number of carbonyl (C=O) groups excluding carboxylic acids is 1. The average molecular weight is 433 g/mol. The van der Waals surface area contributed by atoms with Gasteiger partial charge in [0.05, 0.1) is 11.1 Å². The third kappa shape index (κ3) is 4.78. The molecule has 3 aromatic rings. The fourth-order valence-electron chi connectivity index (χ4n) is 3.37. The van der Waals surface area contributed by atoms with E-state index in [2.05, 4.69) is 27.7 Å². The van der Waals surface area contributed by atoms with Crippen molar-refractivity contribution in [3.63, 3.8) is 0 Å². The summed E-state index contributed by atoms with van der Waals surface area (Å²) >= 11 is 6.05. The molecule has 2 heterocycles. The molecule has 0 radical (unpaired) electrons. The first-order valence-corrected chi connectivity index (χ1v) is 9.70. The summed E-state index contributed by atoms with van der Waals surface area (Å²) in [4.78, 5) is 17.4. The number of nitrogens with zero attached hydrogens (tertiary/aromatic N) is 2. The van der Waals surface area contributed by atoms with Gasteiger partial charge in [0.25, 0.3) is 11.8 Å². The van der Waals surface area contributed by atoms with Crippen molar-refractivity contribution in [2.45, 2.75) is 19.4 Å². The van der Waals surface area contributed by atoms with Gasteiger partial charge < -0.3 is 15.2 Å². The summed E-state index contributed by atoms with van der Waals surface area (Å²) in [7, 11) is 0. The number of nitrogens with one attached hydrogen (secondary N) is 2. The first-order chi connectivity index (χ1) is 13.6. The van der Waals surface area contributed by atoms with Crippen molar-refractivity contribution in [2.24, 2.45) is 5.92 Å². The molecule has 8 heteroatoms. The fourth-order valence-corrected chi connectivity index (χ4v) is 3.56. The molecule has 0 bridgehead atoms. The Labute approximate surface area is 180 Å². The molecule has 1 fully saturated rings. The van der Waals surface area contributed by atoms with Crippen LogP contribution in [0, 0.1) is 5.92 Å². The molecule has 0 spiro atoms. The number of piperidine rings is 1. The lowest BCUT2D eigenvalue weighted by molar-refractivity contribution is 0.0915. The zero-order chi connectivity index (χ0) is 19.5. The Kier molecular flexibility index (Phi) is 6.90. The predicted molar refractivity (Wildman–Crippen MR) is 115 cm³/mol. The van der Waals surface area contributed by atoms with Gasteiger partial charge in [-0.1, -0.05) is 47.9 Å². The van der Waals surface area contributed by atoms with E-state index in [0.29, 0.717) is 33.8 Å². The molecular weight excluding hydrogens is 411 g/mol. The summed E-state index contributed by atoms with van der Waals surface area (Å²) in [5, 5.41) is 11.1. The van der Waals surface area contributed by atoms with Gasteiger partial charge in [-0.25, -0.2) is 0 Å². The maximum atomic E-state index is 12.9. The standard InChI is InChI=1S/C21H21ClN4O2.ClH/c1-13-9-10-23-12-18(13)24-20(27)16-7-2-3-8-17(16)21-25-19(26-28-21)14-5-4-6-15(22)11-14;/h2-8,11,13,18,23H,9-10,12H2,1H3,(H,24,27);1H. The maximum absolute atomic E-state index is 12.9. The summed E-state index contributed by atoms with van der Waals surface area (Å²) < 4.78 is 5.45. The molecule has 1 aliphatic heterocycles. The van der Waals surface area contributed by atoms with Crippen LogP contribution in [-0.4, -0.2) is 35.2 Å². The van der Waals surface area contributed by atoms with Gasteiger partial charge in [0.15, 0.2) is 0 Å². The lowest BCUT2D eigenvalue weighted by atomic mass is 9.94. The van der Waals surface area contributed by atoms with Gasteiger partial charge >= 0.3 is 0 Å². The van der Waals surface area contributed by atoms with E-state index in [9.17, 15) is 4.79 Å². The molecular formula is C21H22Cl2N4O2. The van der Waals surface area contributed by atoms with Crippen LogP contribution in [0.2, 0.25) is 5.02 Å². The first-order valence-electron chi connectivity index (χ1n) is 9.32. The van der Waals surface area contributed by atoms with Crippen LogP contribution in [0.4, 0.5) is 0 Å². The van der Waals surface area contributed by atoms with Crippen molar-refractivity contribution in [1.82, 2.24) is 20.8 Å². The van der Waals surface area contributed by atoms with Gasteiger partial charge in [0.2, 0.25) is 5.82 Å². The van der Waals surface area contributed by atoms with E-state index in [1.165, 1.54) is 0 Å². The van der Waals surface area contributed by atoms with Crippen LogP contribution in [0.15, 0.2) is 53.1 Å². The number of rotatable bonds is 4. The summed E-state index contributed by atoms with van der Waals surface area (Å²) in [6.45, 7) is 3.92. The van der Waals surface area contributed by atoms with E-state index in [-0.39, 0.29) is 24.4 Å². The van der Waals surface area contributed by atoms with E-state index in [0.717, 1.165) is 25.1 Å². The zero-order valence-corrected chi connectivity index (χ0v) is 17.5. The third-order valence-corrected chi connectivity index (χ3v) is 5.29. The number of hydrogen-bond donors (Lipinski definition) is 2. The van der Waals surface area contributed by atoms with E-state index in [4.69, 9.17) is 16.1 Å². The molecule has 2 atom stereocenters. The Morgan fingerprint density at radius 1 is 1.24 bits per heavy atom. The second kappa shape index (κ2) is 9.39. The molecule has 1 saturated heterocycles. The Morgan fingerprint density at radius 2 is 2.07 bits per heavy atom. The highest BCUT2D eigenvalue weighted by atomic mass is 35.5. The van der Waals surface area contributed by atoms with E-state index >= 15 is 0 Å². The smallest absolute Gasteiger partial charge is 0.259 e. The Hall–Kier alpha value is -2.41. The Balaban J connectivity index is 0.00000240. The van der Waals surface area contributed by atoms with Crippen molar-refractivity contribution < 1.29 is 9.32 Å². The van der Waals surface area contributed by atoms with Crippen LogP contribution in [-0.2, 0) is 0 Å². The highest BCUT2D eigenvalue weighted by Crippen LogP contribution is 2.26. The highest BCUT2D eigenvalue weighted by Gasteiger charge is 2.25. The zero-order valence-electron chi connectivity index (χ0n) is 15.9. The molecule has 1 aliphatic rings. The summed E-state index contributed by atoms with van der Waals surface area (Å²) in [6, 6.07) is 14.6. The SMILES string of the molecule is CC1CCNCC1NC(=O)c1ccccc1-c1nc(-c2cccc(Cl)c2)no1.Cl. The van der Waals surface area contributed by atoms with Crippen molar-refractivity contribution in [3.05, 3.63) is 59.1 Å². The normalized spacial score (nSPS) is 18.7. The van der Waals surface area contributed by atoms with Gasteiger partial charge in [-0.15, -0.1) is 12.4 Å². The molecule has 2 aromatic carbocycles. The van der Waals surface area contributed by atoms with E-state index in [1.54, 1.807) is 18.2 Å². The lowest BCUT2D eigenvalue weighted by Crippen LogP contribution is -2.50. The minimum Gasteiger partial charge on any atom is -0.348 e. The molecule has 1 aromatic heterocycles. The lowest BCUT2D eigenvalue weighted by Gasteiger charge is -2.30. The molecule has 0 aliphatic carbocycles. The molecule has 1 amide bonds. The summed E-state index contributed by atoms with van der Waals surface area (Å²) in [6.07, 6.45) is 1.04. The van der Waals surface area contributed by atoms with Crippen LogP contribution in [0.3, 0.4) is 0 Å². The number of carbonyl (C=O) groups is 1. The van der Waals surface area contributed by atoms with E-state index in [1.807, 2.05) is 30.3 Å². The van der Waals surface area contributed by atoms with Crippen LogP contribution in [0.25, 0.3) is 22.8 Å². The van der Waals surface area contributed by atoms with Crippen molar-refractivity contribution >= 4 is 29.9 Å². The predicted octanol–water partition coefficient (Wildman–Crippen LogP) is 4.21. The van der Waals surface area contributed by atoms with Crippen LogP contribution < -0.4 is 10.6 Å². The monoisotopic (exact) mass is 432 g/mol. The molecule has 6 nitrogen and oxygen atoms in total. The van der Waals surface area contributed by atoms with Crippen LogP contribution in [0.1, 0.15) is 23.7 Å². The van der Waals surface area contributed by atoms with Gasteiger partial charge in [-0.2, -0.15) is 4.98 Å². The summed E-state index contributed by atoms with van der Waals surface area (Å²) in [5.41, 5.74) is 1.88. The maximum Gasteiger partial charge on any atom is 0.259 e. The van der Waals surface area contributed by atoms with Gasteiger partial charge in [0.1, 0.15) is 0 Å². The number of halogens is 2. The number of aromatic nitrogens is 2. The second-order valence-electron chi connectivity index (χ2n) is 7.03. The molecule has 4 rings (SSSR count). The summed E-state index contributed by atoms with van der Waals surface area (Å²) in [5.74, 6) is 1.02. The minimum atomic E-state index is -0.140. The van der Waals surface area contributed by atoms with Crippen LogP contribution in [0.5, 0.6) is 0 Å². The Bertz CT molecular complexity index is 992. The number of hydrogen-bond acceptors (Lipinski definition) is 5. The van der Waals surface area contributed by atoms with Crippen molar-refractivity contribution in [3.8, 4) is 22.8 Å².